The molecule has 1 aromatic carbocycles. The molecule has 1 fully saturated rings. The number of carbonyl (C=O) groups excluding carboxylic acids is 3. The molecule has 6 nitrogen and oxygen atoms in total. The molecule has 0 spiro atoms. The van der Waals surface area contributed by atoms with Crippen LogP contribution in [0.15, 0.2) is 24.3 Å². The van der Waals surface area contributed by atoms with Gasteiger partial charge in [-0.15, -0.1) is 0 Å². The number of carbonyl (C=O) groups is 3. The zero-order chi connectivity index (χ0) is 18.4. The largest absolute Gasteiger partial charge is 0.342 e. The van der Waals surface area contributed by atoms with E-state index in [-0.39, 0.29) is 17.7 Å². The Balaban J connectivity index is 2.03. The van der Waals surface area contributed by atoms with E-state index in [2.05, 4.69) is 10.6 Å². The van der Waals surface area contributed by atoms with Gasteiger partial charge < -0.3 is 15.5 Å². The maximum atomic E-state index is 12.8. The Morgan fingerprint density at radius 2 is 1.44 bits per heavy atom. The van der Waals surface area contributed by atoms with Crippen molar-refractivity contribution in [1.29, 1.82) is 0 Å². The van der Waals surface area contributed by atoms with Crippen LogP contribution in [-0.4, -0.2) is 35.7 Å². The highest BCUT2D eigenvalue weighted by Gasteiger charge is 2.57. The first kappa shape index (κ1) is 19.0. The summed E-state index contributed by atoms with van der Waals surface area (Å²) in [6, 6.07) is 6.89. The van der Waals surface area contributed by atoms with Crippen LogP contribution < -0.4 is 10.6 Å². The Hall–Kier alpha value is -2.37. The minimum atomic E-state index is -0.902. The van der Waals surface area contributed by atoms with Crippen LogP contribution >= 0.6 is 0 Å². The fourth-order valence-electron chi connectivity index (χ4n) is 2.91. The molecule has 1 aromatic rings. The predicted octanol–water partition coefficient (Wildman–Crippen LogP) is 3.01. The Labute approximate surface area is 149 Å². The van der Waals surface area contributed by atoms with Crippen molar-refractivity contribution < 1.29 is 14.4 Å². The smallest absolute Gasteiger partial charge is 0.240 e. The molecule has 1 aliphatic rings. The molecule has 0 bridgehead atoms. The van der Waals surface area contributed by atoms with Gasteiger partial charge in [-0.25, -0.2) is 0 Å². The van der Waals surface area contributed by atoms with Crippen LogP contribution in [-0.2, 0) is 14.4 Å². The maximum Gasteiger partial charge on any atom is 0.240 e. The van der Waals surface area contributed by atoms with Crippen LogP contribution in [0.3, 0.4) is 0 Å². The molecule has 0 aromatic heterocycles. The second kappa shape index (κ2) is 8.14. The summed E-state index contributed by atoms with van der Waals surface area (Å²) >= 11 is 0. The molecule has 1 saturated carbocycles. The van der Waals surface area contributed by atoms with Gasteiger partial charge in [0.2, 0.25) is 17.7 Å². The lowest BCUT2D eigenvalue weighted by Gasteiger charge is -2.26. The van der Waals surface area contributed by atoms with Gasteiger partial charge in [-0.1, -0.05) is 13.8 Å². The quantitative estimate of drug-likeness (QED) is 0.711. The molecule has 3 amide bonds. The second-order valence-corrected chi connectivity index (χ2v) is 6.59. The zero-order valence-electron chi connectivity index (χ0n) is 15.2. The van der Waals surface area contributed by atoms with Crippen molar-refractivity contribution in [3.8, 4) is 0 Å². The molecular formula is C19H27N3O3. The average molecular weight is 345 g/mol. The van der Waals surface area contributed by atoms with E-state index >= 15 is 0 Å². The number of hydrogen-bond donors (Lipinski definition) is 2. The average Bonchev–Trinajstić information content (AvgIpc) is 3.37. The number of nitrogens with one attached hydrogen (secondary N) is 2. The van der Waals surface area contributed by atoms with Gasteiger partial charge in [-0.3, -0.25) is 14.4 Å². The van der Waals surface area contributed by atoms with E-state index < -0.39 is 5.41 Å². The lowest BCUT2D eigenvalue weighted by atomic mass is 10.0. The van der Waals surface area contributed by atoms with Crippen molar-refractivity contribution in [3.05, 3.63) is 24.3 Å². The fraction of sp³-hybridized carbons (Fsp3) is 0.526. The molecule has 0 heterocycles. The zero-order valence-corrected chi connectivity index (χ0v) is 15.2. The minimum absolute atomic E-state index is 0.0523. The highest BCUT2D eigenvalue weighted by atomic mass is 16.2. The lowest BCUT2D eigenvalue weighted by molar-refractivity contribution is -0.142. The van der Waals surface area contributed by atoms with Gasteiger partial charge in [0.15, 0.2) is 0 Å². The van der Waals surface area contributed by atoms with Gasteiger partial charge >= 0.3 is 0 Å². The summed E-state index contributed by atoms with van der Waals surface area (Å²) in [5.41, 5.74) is 0.385. The number of benzene rings is 1. The predicted molar refractivity (Wildman–Crippen MR) is 98.2 cm³/mol. The molecule has 2 rings (SSSR count). The van der Waals surface area contributed by atoms with Crippen LogP contribution in [0.4, 0.5) is 11.4 Å². The standard InChI is InChI=1S/C19H27N3O3/c1-4-12-22(13-5-2)18(25)19(10-11-19)17(24)21-16-8-6-15(7-9-16)20-14(3)23/h6-9H,4-5,10-13H2,1-3H3,(H,20,23)(H,21,24). The summed E-state index contributed by atoms with van der Waals surface area (Å²) in [7, 11) is 0. The summed E-state index contributed by atoms with van der Waals surface area (Å²) in [6.45, 7) is 6.88. The Kier molecular flexibility index (Phi) is 6.17. The molecule has 2 N–H and O–H groups in total. The number of anilines is 2. The van der Waals surface area contributed by atoms with Gasteiger partial charge in [0.1, 0.15) is 5.41 Å². The number of hydrogen-bond acceptors (Lipinski definition) is 3. The first-order chi connectivity index (χ1) is 11.9. The van der Waals surface area contributed by atoms with Crippen LogP contribution in [0.2, 0.25) is 0 Å². The topological polar surface area (TPSA) is 78.5 Å². The Morgan fingerprint density at radius 3 is 1.84 bits per heavy atom. The number of nitrogens with zero attached hydrogens (tertiary/aromatic N) is 1. The van der Waals surface area contributed by atoms with Crippen LogP contribution in [0.25, 0.3) is 0 Å². The first-order valence-electron chi connectivity index (χ1n) is 8.91. The minimum Gasteiger partial charge on any atom is -0.342 e. The van der Waals surface area contributed by atoms with E-state index in [9.17, 15) is 14.4 Å². The highest BCUT2D eigenvalue weighted by molar-refractivity contribution is 6.13. The van der Waals surface area contributed by atoms with Gasteiger partial charge in [0, 0.05) is 31.4 Å². The molecular weight excluding hydrogens is 318 g/mol. The van der Waals surface area contributed by atoms with Crippen LogP contribution in [0, 0.1) is 5.41 Å². The van der Waals surface area contributed by atoms with E-state index in [0.29, 0.717) is 37.3 Å². The van der Waals surface area contributed by atoms with E-state index in [1.165, 1.54) is 6.92 Å². The van der Waals surface area contributed by atoms with E-state index in [4.69, 9.17) is 0 Å². The van der Waals surface area contributed by atoms with Crippen molar-refractivity contribution >= 4 is 29.1 Å². The van der Waals surface area contributed by atoms with Crippen LogP contribution in [0.1, 0.15) is 46.5 Å². The van der Waals surface area contributed by atoms with Gasteiger partial charge in [-0.2, -0.15) is 0 Å². The third kappa shape index (κ3) is 4.59. The van der Waals surface area contributed by atoms with Crippen molar-refractivity contribution in [2.75, 3.05) is 23.7 Å². The molecule has 6 heteroatoms. The van der Waals surface area contributed by atoms with Gasteiger partial charge in [0.25, 0.3) is 0 Å². The first-order valence-corrected chi connectivity index (χ1v) is 8.91. The van der Waals surface area contributed by atoms with Crippen LogP contribution in [0.5, 0.6) is 0 Å². The molecule has 0 aliphatic heterocycles. The Bertz CT molecular complexity index is 630. The molecule has 1 aliphatic carbocycles. The van der Waals surface area contributed by atoms with E-state index in [1.54, 1.807) is 24.3 Å². The van der Waals surface area contributed by atoms with E-state index in [1.807, 2.05) is 18.7 Å². The van der Waals surface area contributed by atoms with E-state index in [0.717, 1.165) is 12.8 Å². The number of amides is 3. The fourth-order valence-corrected chi connectivity index (χ4v) is 2.91. The third-order valence-electron chi connectivity index (χ3n) is 4.33. The lowest BCUT2D eigenvalue weighted by Crippen LogP contribution is -2.43. The highest BCUT2D eigenvalue weighted by Crippen LogP contribution is 2.48. The summed E-state index contributed by atoms with van der Waals surface area (Å²) in [4.78, 5) is 38.4. The Morgan fingerprint density at radius 1 is 0.960 bits per heavy atom. The van der Waals surface area contributed by atoms with Gasteiger partial charge in [-0.05, 0) is 49.9 Å². The summed E-state index contributed by atoms with van der Waals surface area (Å²) in [5.74, 6) is -0.434. The summed E-state index contributed by atoms with van der Waals surface area (Å²) < 4.78 is 0. The molecule has 136 valence electrons. The summed E-state index contributed by atoms with van der Waals surface area (Å²) in [5, 5.41) is 5.52. The molecule has 25 heavy (non-hydrogen) atoms. The SMILES string of the molecule is CCCN(CCC)C(=O)C1(C(=O)Nc2ccc(NC(C)=O)cc2)CC1. The monoisotopic (exact) mass is 345 g/mol. The number of rotatable bonds is 8. The molecule has 0 radical (unpaired) electrons. The summed E-state index contributed by atoms with van der Waals surface area (Å²) in [6.07, 6.45) is 2.97. The van der Waals surface area contributed by atoms with Gasteiger partial charge in [0.05, 0.1) is 0 Å². The van der Waals surface area contributed by atoms with Crippen molar-refractivity contribution in [1.82, 2.24) is 4.90 Å². The molecule has 0 unspecified atom stereocenters. The van der Waals surface area contributed by atoms with Crippen molar-refractivity contribution in [3.63, 3.8) is 0 Å². The second-order valence-electron chi connectivity index (χ2n) is 6.59. The normalized spacial score (nSPS) is 14.5. The molecule has 0 atom stereocenters. The third-order valence-corrected chi connectivity index (χ3v) is 4.33. The van der Waals surface area contributed by atoms with Crippen molar-refractivity contribution in [2.24, 2.45) is 5.41 Å². The molecule has 0 saturated heterocycles. The maximum absolute atomic E-state index is 12.8. The van der Waals surface area contributed by atoms with Crippen molar-refractivity contribution in [2.45, 2.75) is 46.5 Å².